The predicted molar refractivity (Wildman–Crippen MR) is 69.7 cm³/mol. The van der Waals surface area contributed by atoms with Crippen molar-refractivity contribution in [2.75, 3.05) is 19.7 Å². The van der Waals surface area contributed by atoms with Gasteiger partial charge in [-0.25, -0.2) is 0 Å². The van der Waals surface area contributed by atoms with Crippen LogP contribution in [0.3, 0.4) is 0 Å². The molecule has 0 radical (unpaired) electrons. The predicted octanol–water partition coefficient (Wildman–Crippen LogP) is 1.37. The van der Waals surface area contributed by atoms with Crippen LogP contribution in [-0.2, 0) is 12.8 Å². The van der Waals surface area contributed by atoms with E-state index in [1.165, 1.54) is 6.42 Å². The number of hydrogen-bond acceptors (Lipinski definition) is 5. The van der Waals surface area contributed by atoms with Crippen LogP contribution in [0.15, 0.2) is 0 Å². The van der Waals surface area contributed by atoms with Crippen molar-refractivity contribution in [3.05, 3.63) is 11.4 Å². The van der Waals surface area contributed by atoms with Gasteiger partial charge in [0.05, 0.1) is 18.0 Å². The maximum Gasteiger partial charge on any atom is 0.335 e. The smallest absolute Gasteiger partial charge is 0.335 e. The van der Waals surface area contributed by atoms with Crippen LogP contribution in [0.5, 0.6) is 6.01 Å². The van der Waals surface area contributed by atoms with E-state index in [-0.39, 0.29) is 0 Å². The first-order valence-electron chi connectivity index (χ1n) is 6.89. The van der Waals surface area contributed by atoms with Crippen molar-refractivity contribution in [1.29, 1.82) is 0 Å². The average molecular weight is 250 g/mol. The summed E-state index contributed by atoms with van der Waals surface area (Å²) in [5, 5.41) is 11.5. The second kappa shape index (κ2) is 6.64. The van der Waals surface area contributed by atoms with E-state index in [1.54, 1.807) is 0 Å². The van der Waals surface area contributed by atoms with Crippen LogP contribution in [0, 0.1) is 5.92 Å². The van der Waals surface area contributed by atoms with Crippen LogP contribution in [0.4, 0.5) is 0 Å². The van der Waals surface area contributed by atoms with E-state index >= 15 is 0 Å². The largest absolute Gasteiger partial charge is 0.462 e. The number of aryl methyl sites for hydroxylation is 2. The van der Waals surface area contributed by atoms with Gasteiger partial charge in [0, 0.05) is 0 Å². The fourth-order valence-electron chi connectivity index (χ4n) is 2.26. The van der Waals surface area contributed by atoms with Gasteiger partial charge in [0.1, 0.15) is 0 Å². The van der Waals surface area contributed by atoms with Gasteiger partial charge in [0.25, 0.3) is 0 Å². The lowest BCUT2D eigenvalue weighted by Crippen LogP contribution is -2.13. The summed E-state index contributed by atoms with van der Waals surface area (Å²) in [6.07, 6.45) is 4.06. The molecule has 0 aromatic carbocycles. The number of rotatable bonds is 6. The number of nitrogens with one attached hydrogen (secondary N) is 1. The molecule has 1 fully saturated rings. The molecule has 0 spiro atoms. The minimum Gasteiger partial charge on any atom is -0.462 e. The highest BCUT2D eigenvalue weighted by Gasteiger charge is 2.14. The van der Waals surface area contributed by atoms with Gasteiger partial charge in [-0.1, -0.05) is 18.9 Å². The van der Waals surface area contributed by atoms with Gasteiger partial charge < -0.3 is 10.1 Å². The fourth-order valence-corrected chi connectivity index (χ4v) is 2.26. The molecule has 1 atom stereocenters. The van der Waals surface area contributed by atoms with Crippen molar-refractivity contribution in [2.45, 2.75) is 39.5 Å². The Balaban J connectivity index is 1.84. The van der Waals surface area contributed by atoms with Crippen molar-refractivity contribution in [1.82, 2.24) is 20.5 Å². The summed E-state index contributed by atoms with van der Waals surface area (Å²) in [6, 6.07) is 0.426. The third-order valence-corrected chi connectivity index (χ3v) is 3.41. The molecule has 100 valence electrons. The number of hydrogen-bond donors (Lipinski definition) is 1. The minimum atomic E-state index is 0.426. The van der Waals surface area contributed by atoms with Crippen LogP contribution >= 0.6 is 0 Å². The molecular weight excluding hydrogens is 228 g/mol. The topological polar surface area (TPSA) is 59.9 Å². The second-order valence-corrected chi connectivity index (χ2v) is 4.69. The van der Waals surface area contributed by atoms with Gasteiger partial charge >= 0.3 is 6.01 Å². The molecular formula is C13H22N4O. The summed E-state index contributed by atoms with van der Waals surface area (Å²) in [7, 11) is 0. The van der Waals surface area contributed by atoms with Crippen molar-refractivity contribution >= 4 is 0 Å². The molecule has 1 saturated heterocycles. The quantitative estimate of drug-likeness (QED) is 0.826. The summed E-state index contributed by atoms with van der Waals surface area (Å²) < 4.78 is 5.60. The van der Waals surface area contributed by atoms with Crippen molar-refractivity contribution in [2.24, 2.45) is 5.92 Å². The Morgan fingerprint density at radius 1 is 1.22 bits per heavy atom. The molecule has 0 amide bonds. The first kappa shape index (κ1) is 13.2. The summed E-state index contributed by atoms with van der Waals surface area (Å²) in [5.41, 5.74) is 1.98. The molecule has 1 aromatic heterocycles. The zero-order valence-electron chi connectivity index (χ0n) is 11.3. The second-order valence-electron chi connectivity index (χ2n) is 4.69. The lowest BCUT2D eigenvalue weighted by molar-refractivity contribution is 0.259. The molecule has 0 saturated carbocycles. The van der Waals surface area contributed by atoms with Gasteiger partial charge in [-0.15, -0.1) is 5.10 Å². The monoisotopic (exact) mass is 250 g/mol. The lowest BCUT2D eigenvalue weighted by Gasteiger charge is -2.09. The molecule has 0 bridgehead atoms. The first-order valence-corrected chi connectivity index (χ1v) is 6.89. The number of ether oxygens (including phenoxy) is 1. The molecule has 1 N–H and O–H groups in total. The fraction of sp³-hybridized carbons (Fsp3) is 0.769. The first-order chi connectivity index (χ1) is 8.83. The molecule has 5 nitrogen and oxygen atoms in total. The molecule has 2 heterocycles. The maximum atomic E-state index is 5.60. The van der Waals surface area contributed by atoms with Crippen LogP contribution in [0.25, 0.3) is 0 Å². The molecule has 1 aromatic rings. The normalized spacial score (nSPS) is 19.1. The Morgan fingerprint density at radius 2 is 2.06 bits per heavy atom. The minimum absolute atomic E-state index is 0.426. The van der Waals surface area contributed by atoms with Gasteiger partial charge in [0.15, 0.2) is 0 Å². The molecule has 18 heavy (non-hydrogen) atoms. The van der Waals surface area contributed by atoms with E-state index < -0.39 is 0 Å². The van der Waals surface area contributed by atoms with E-state index in [0.717, 1.165) is 49.7 Å². The van der Waals surface area contributed by atoms with Crippen LogP contribution in [0.1, 0.15) is 38.1 Å². The Bertz CT molecular complexity index is 377. The average Bonchev–Trinajstić information content (AvgIpc) is 2.91. The molecule has 5 heteroatoms. The van der Waals surface area contributed by atoms with E-state index in [9.17, 15) is 0 Å². The Kier molecular flexibility index (Phi) is 4.87. The molecule has 1 unspecified atom stereocenters. The highest BCUT2D eigenvalue weighted by atomic mass is 16.5. The van der Waals surface area contributed by atoms with E-state index in [4.69, 9.17) is 4.74 Å². The number of aromatic nitrogens is 3. The van der Waals surface area contributed by atoms with Crippen LogP contribution < -0.4 is 10.1 Å². The van der Waals surface area contributed by atoms with Gasteiger partial charge in [0.2, 0.25) is 0 Å². The van der Waals surface area contributed by atoms with Crippen molar-refractivity contribution < 1.29 is 4.74 Å². The maximum absolute atomic E-state index is 5.60. The van der Waals surface area contributed by atoms with E-state index in [2.05, 4.69) is 34.3 Å². The molecule has 0 aliphatic carbocycles. The van der Waals surface area contributed by atoms with Gasteiger partial charge in [-0.05, 0) is 44.7 Å². The van der Waals surface area contributed by atoms with Crippen molar-refractivity contribution in [3.63, 3.8) is 0 Å². The summed E-state index contributed by atoms with van der Waals surface area (Å²) in [5.74, 6) is 0.735. The van der Waals surface area contributed by atoms with Crippen molar-refractivity contribution in [3.8, 4) is 6.01 Å². The standard InChI is InChI=1S/C13H22N4O/c1-3-11-12(4-2)16-17-13(15-11)18-8-6-10-5-7-14-9-10/h10,14H,3-9H2,1-2H3. The van der Waals surface area contributed by atoms with Crippen LogP contribution in [0.2, 0.25) is 0 Å². The SMILES string of the molecule is CCc1nnc(OCCC2CCNC2)nc1CC. The molecule has 1 aliphatic heterocycles. The highest BCUT2D eigenvalue weighted by Crippen LogP contribution is 2.13. The Hall–Kier alpha value is -1.23. The van der Waals surface area contributed by atoms with E-state index in [0.29, 0.717) is 12.6 Å². The number of nitrogens with zero attached hydrogens (tertiary/aromatic N) is 3. The Labute approximate surface area is 108 Å². The van der Waals surface area contributed by atoms with E-state index in [1.807, 2.05) is 0 Å². The van der Waals surface area contributed by atoms with Gasteiger partial charge in [-0.2, -0.15) is 4.98 Å². The third-order valence-electron chi connectivity index (χ3n) is 3.41. The zero-order chi connectivity index (χ0) is 12.8. The summed E-state index contributed by atoms with van der Waals surface area (Å²) in [4.78, 5) is 4.41. The Morgan fingerprint density at radius 3 is 2.72 bits per heavy atom. The molecule has 1 aliphatic rings. The van der Waals surface area contributed by atoms with Crippen LogP contribution in [-0.4, -0.2) is 34.9 Å². The zero-order valence-corrected chi connectivity index (χ0v) is 11.3. The lowest BCUT2D eigenvalue weighted by atomic mass is 10.1. The summed E-state index contributed by atoms with van der Waals surface area (Å²) >= 11 is 0. The van der Waals surface area contributed by atoms with Gasteiger partial charge in [-0.3, -0.25) is 0 Å². The highest BCUT2D eigenvalue weighted by molar-refractivity contribution is 5.11. The third kappa shape index (κ3) is 3.38. The summed E-state index contributed by atoms with van der Waals surface area (Å²) in [6.45, 7) is 7.07. The molecule has 2 rings (SSSR count).